The molecule has 0 aliphatic rings. The molecule has 3 aromatic carbocycles. The lowest BCUT2D eigenvalue weighted by molar-refractivity contribution is 0.0957. The Morgan fingerprint density at radius 3 is 2.00 bits per heavy atom. The molecule has 0 spiro atoms. The summed E-state index contributed by atoms with van der Waals surface area (Å²) in [7, 11) is 0. The van der Waals surface area contributed by atoms with Crippen LogP contribution >= 0.6 is 0 Å². The van der Waals surface area contributed by atoms with Crippen LogP contribution in [0.3, 0.4) is 0 Å². The number of hydrogen-bond acceptors (Lipinski definition) is 5. The van der Waals surface area contributed by atoms with Crippen molar-refractivity contribution in [1.82, 2.24) is 14.8 Å². The van der Waals surface area contributed by atoms with Crippen LogP contribution in [-0.2, 0) is 13.1 Å². The van der Waals surface area contributed by atoms with Crippen molar-refractivity contribution in [2.75, 3.05) is 10.6 Å². The zero-order chi connectivity index (χ0) is 23.9. The summed E-state index contributed by atoms with van der Waals surface area (Å²) in [5.74, 6) is -0.0190. The number of allylic oxidation sites excluding steroid dienone is 1. The SMILES string of the molecule is Cc1ccc(CNc2nc(NCc3ccc(C)cc3)n(C(=O)/C=C/c3ccc(F)cc3)n2)cc1. The maximum Gasteiger partial charge on any atom is 0.274 e. The van der Waals surface area contributed by atoms with Crippen LogP contribution in [0.5, 0.6) is 0 Å². The molecule has 0 radical (unpaired) electrons. The van der Waals surface area contributed by atoms with Crippen molar-refractivity contribution < 1.29 is 9.18 Å². The zero-order valence-corrected chi connectivity index (χ0v) is 19.1. The Balaban J connectivity index is 1.52. The number of benzene rings is 3. The fourth-order valence-corrected chi connectivity index (χ4v) is 3.24. The van der Waals surface area contributed by atoms with Crippen molar-refractivity contribution in [2.45, 2.75) is 26.9 Å². The van der Waals surface area contributed by atoms with E-state index in [-0.39, 0.29) is 11.7 Å². The van der Waals surface area contributed by atoms with Gasteiger partial charge < -0.3 is 10.6 Å². The van der Waals surface area contributed by atoms with Crippen LogP contribution in [0.25, 0.3) is 6.08 Å². The minimum atomic E-state index is -0.369. The fourth-order valence-electron chi connectivity index (χ4n) is 3.24. The molecule has 2 N–H and O–H groups in total. The fraction of sp³-hybridized carbons (Fsp3) is 0.148. The van der Waals surface area contributed by atoms with Gasteiger partial charge in [-0.05, 0) is 48.7 Å². The molecule has 0 unspecified atom stereocenters. The molecule has 1 heterocycles. The molecule has 0 saturated carbocycles. The van der Waals surface area contributed by atoms with Gasteiger partial charge in [0.25, 0.3) is 5.91 Å². The number of halogens is 1. The number of aryl methyl sites for hydroxylation is 2. The first-order chi connectivity index (χ1) is 16.5. The quantitative estimate of drug-likeness (QED) is 0.338. The lowest BCUT2D eigenvalue weighted by Gasteiger charge is -2.06. The van der Waals surface area contributed by atoms with Gasteiger partial charge >= 0.3 is 0 Å². The highest BCUT2D eigenvalue weighted by atomic mass is 19.1. The lowest BCUT2D eigenvalue weighted by Crippen LogP contribution is -2.14. The number of nitrogens with zero attached hydrogens (tertiary/aromatic N) is 3. The number of carbonyl (C=O) groups excluding carboxylic acids is 1. The van der Waals surface area contributed by atoms with Crippen molar-refractivity contribution in [3.05, 3.63) is 113 Å². The second kappa shape index (κ2) is 10.6. The van der Waals surface area contributed by atoms with Crippen LogP contribution in [0.2, 0.25) is 0 Å². The monoisotopic (exact) mass is 455 g/mol. The van der Waals surface area contributed by atoms with Gasteiger partial charge in [0.05, 0.1) is 0 Å². The maximum absolute atomic E-state index is 13.1. The molecule has 34 heavy (non-hydrogen) atoms. The molecule has 7 heteroatoms. The molecule has 0 aliphatic heterocycles. The number of nitrogens with one attached hydrogen (secondary N) is 2. The average molecular weight is 456 g/mol. The normalized spacial score (nSPS) is 11.0. The van der Waals surface area contributed by atoms with Crippen LogP contribution in [0.1, 0.15) is 32.6 Å². The summed E-state index contributed by atoms with van der Waals surface area (Å²) in [5.41, 5.74) is 5.21. The van der Waals surface area contributed by atoms with Crippen LogP contribution < -0.4 is 10.6 Å². The summed E-state index contributed by atoms with van der Waals surface area (Å²) >= 11 is 0. The zero-order valence-electron chi connectivity index (χ0n) is 19.1. The van der Waals surface area contributed by atoms with Gasteiger partial charge in [-0.15, -0.1) is 5.10 Å². The van der Waals surface area contributed by atoms with Crippen molar-refractivity contribution >= 4 is 23.9 Å². The van der Waals surface area contributed by atoms with E-state index in [2.05, 4.69) is 20.7 Å². The maximum atomic E-state index is 13.1. The van der Waals surface area contributed by atoms with Crippen molar-refractivity contribution in [3.63, 3.8) is 0 Å². The summed E-state index contributed by atoms with van der Waals surface area (Å²) in [6, 6.07) is 22.2. The van der Waals surface area contributed by atoms with E-state index in [0.29, 0.717) is 30.5 Å². The average Bonchev–Trinajstić information content (AvgIpc) is 3.26. The van der Waals surface area contributed by atoms with Gasteiger partial charge in [0.2, 0.25) is 11.9 Å². The van der Waals surface area contributed by atoms with Crippen molar-refractivity contribution in [1.29, 1.82) is 0 Å². The molecule has 172 valence electrons. The highest BCUT2D eigenvalue weighted by Crippen LogP contribution is 2.14. The van der Waals surface area contributed by atoms with E-state index in [4.69, 9.17) is 0 Å². The van der Waals surface area contributed by atoms with Gasteiger partial charge in [-0.3, -0.25) is 4.79 Å². The topological polar surface area (TPSA) is 71.8 Å². The molecule has 0 aliphatic carbocycles. The van der Waals surface area contributed by atoms with E-state index in [0.717, 1.165) is 11.1 Å². The van der Waals surface area contributed by atoms with Gasteiger partial charge in [0, 0.05) is 19.2 Å². The third-order valence-electron chi connectivity index (χ3n) is 5.25. The number of rotatable bonds is 8. The molecule has 0 atom stereocenters. The molecule has 0 fully saturated rings. The second-order valence-corrected chi connectivity index (χ2v) is 8.07. The Morgan fingerprint density at radius 2 is 1.41 bits per heavy atom. The largest absolute Gasteiger partial charge is 0.350 e. The van der Waals surface area contributed by atoms with Crippen molar-refractivity contribution in [2.24, 2.45) is 0 Å². The Hall–Kier alpha value is -4.26. The van der Waals surface area contributed by atoms with Gasteiger partial charge in [0.1, 0.15) is 5.82 Å². The molecule has 6 nitrogen and oxygen atoms in total. The Bertz CT molecular complexity index is 1280. The first kappa shape index (κ1) is 22.9. The minimum Gasteiger partial charge on any atom is -0.350 e. The summed E-state index contributed by atoms with van der Waals surface area (Å²) in [5, 5.41) is 10.8. The predicted molar refractivity (Wildman–Crippen MR) is 133 cm³/mol. The van der Waals surface area contributed by atoms with Crippen molar-refractivity contribution in [3.8, 4) is 0 Å². The van der Waals surface area contributed by atoms with E-state index < -0.39 is 0 Å². The first-order valence-electron chi connectivity index (χ1n) is 11.0. The molecule has 0 bridgehead atoms. The van der Waals surface area contributed by atoms with Crippen LogP contribution in [0.15, 0.2) is 78.9 Å². The first-order valence-corrected chi connectivity index (χ1v) is 11.0. The molecular weight excluding hydrogens is 429 g/mol. The van der Waals surface area contributed by atoms with Crippen LogP contribution in [0.4, 0.5) is 16.3 Å². The smallest absolute Gasteiger partial charge is 0.274 e. The lowest BCUT2D eigenvalue weighted by atomic mass is 10.1. The molecule has 4 aromatic rings. The number of hydrogen-bond donors (Lipinski definition) is 2. The standard InChI is InChI=1S/C27H26FN5O/c1-19-3-7-22(8-4-19)17-29-26-31-27(30-18-23-9-5-20(2)6-10-23)33(32-26)25(34)16-13-21-11-14-24(28)15-12-21/h3-16H,17-18H2,1-2H3,(H2,29,30,31,32)/b16-13+. The van der Waals surface area contributed by atoms with E-state index in [1.54, 1.807) is 18.2 Å². The molecule has 1 aromatic heterocycles. The van der Waals surface area contributed by atoms with Crippen LogP contribution in [-0.4, -0.2) is 20.7 Å². The van der Waals surface area contributed by atoms with Gasteiger partial charge in [-0.25, -0.2) is 4.39 Å². The minimum absolute atomic E-state index is 0.327. The second-order valence-electron chi connectivity index (χ2n) is 8.07. The summed E-state index contributed by atoms with van der Waals surface area (Å²) in [6.45, 7) is 5.09. The predicted octanol–water partition coefficient (Wildman–Crippen LogP) is 5.61. The Kier molecular flexibility index (Phi) is 7.13. The van der Waals surface area contributed by atoms with Gasteiger partial charge in [-0.1, -0.05) is 71.8 Å². The highest BCUT2D eigenvalue weighted by molar-refractivity contribution is 5.94. The summed E-state index contributed by atoms with van der Waals surface area (Å²) in [4.78, 5) is 17.4. The highest BCUT2D eigenvalue weighted by Gasteiger charge is 2.14. The molecule has 0 amide bonds. The summed E-state index contributed by atoms with van der Waals surface area (Å²) in [6.07, 6.45) is 3.01. The third kappa shape index (κ3) is 6.16. The number of anilines is 2. The van der Waals surface area contributed by atoms with E-state index in [9.17, 15) is 9.18 Å². The number of aromatic nitrogens is 3. The Morgan fingerprint density at radius 1 is 0.853 bits per heavy atom. The van der Waals surface area contributed by atoms with Crippen LogP contribution in [0, 0.1) is 19.7 Å². The molecular formula is C27H26FN5O. The molecule has 0 saturated heterocycles. The summed E-state index contributed by atoms with van der Waals surface area (Å²) < 4.78 is 14.4. The Labute approximate surface area is 198 Å². The van der Waals surface area contributed by atoms with E-state index >= 15 is 0 Å². The molecule has 4 rings (SSSR count). The van der Waals surface area contributed by atoms with E-state index in [1.165, 1.54) is 34.0 Å². The van der Waals surface area contributed by atoms with Gasteiger partial charge in [0.15, 0.2) is 0 Å². The number of carbonyl (C=O) groups is 1. The van der Waals surface area contributed by atoms with Gasteiger partial charge in [-0.2, -0.15) is 9.67 Å². The third-order valence-corrected chi connectivity index (χ3v) is 5.25. The van der Waals surface area contributed by atoms with E-state index in [1.807, 2.05) is 62.4 Å².